The largest absolute Gasteiger partial charge is 0.456 e. The Morgan fingerprint density at radius 3 is 1.64 bits per heavy atom. The number of benzene rings is 8. The summed E-state index contributed by atoms with van der Waals surface area (Å²) >= 11 is 0. The molecule has 0 fully saturated rings. The van der Waals surface area contributed by atoms with E-state index in [4.69, 9.17) is 28.8 Å². The molecule has 12 rings (SSSR count). The van der Waals surface area contributed by atoms with Gasteiger partial charge in [0.15, 0.2) is 40.5 Å². The number of para-hydroxylation sites is 3. The zero-order chi connectivity index (χ0) is 38.2. The molecule has 0 bridgehead atoms. The number of fused-ring (bicyclic) bond motifs is 8. The van der Waals surface area contributed by atoms with E-state index < -0.39 is 5.41 Å². The third-order valence-electron chi connectivity index (χ3n) is 11.5. The smallest absolute Gasteiger partial charge is 0.170 e. The molecule has 0 spiro atoms. The van der Waals surface area contributed by atoms with E-state index in [1.165, 1.54) is 22.3 Å². The number of rotatable bonds is 5. The third-order valence-corrected chi connectivity index (χ3v) is 11.5. The van der Waals surface area contributed by atoms with Gasteiger partial charge in [0.1, 0.15) is 11.2 Å². The van der Waals surface area contributed by atoms with Gasteiger partial charge in [-0.3, -0.25) is 0 Å². The highest BCUT2D eigenvalue weighted by Gasteiger charge is 2.46. The highest BCUT2D eigenvalue weighted by molar-refractivity contribution is 6.11. The first-order valence-corrected chi connectivity index (χ1v) is 19.3. The Balaban J connectivity index is 1.04. The van der Waals surface area contributed by atoms with Crippen molar-refractivity contribution in [1.82, 2.24) is 15.0 Å². The molecule has 8 aromatic carbocycles. The summed E-state index contributed by atoms with van der Waals surface area (Å²) in [6.07, 6.45) is 0. The van der Waals surface area contributed by atoms with Crippen molar-refractivity contribution in [1.29, 1.82) is 0 Å². The SMILES string of the molecule is c1ccc(-c2nc(-c3ccc(C4(c5ccc6c(c5)Oc5ccccc5O6)c5ccccc5-c5ccccc54)cc3)nc(-c3cccc4oc5ccccc5c34)n2)cc1. The molecule has 6 heteroatoms. The molecule has 10 aromatic rings. The van der Waals surface area contributed by atoms with Gasteiger partial charge in [-0.15, -0.1) is 0 Å². The van der Waals surface area contributed by atoms with Gasteiger partial charge in [0.2, 0.25) is 0 Å². The molecule has 1 aliphatic carbocycles. The maximum atomic E-state index is 6.50. The Hall–Kier alpha value is -7.83. The first-order valence-electron chi connectivity index (χ1n) is 19.3. The zero-order valence-electron chi connectivity index (χ0n) is 31.0. The average Bonchev–Trinajstić information content (AvgIpc) is 3.83. The maximum absolute atomic E-state index is 6.50. The second-order valence-electron chi connectivity index (χ2n) is 14.7. The summed E-state index contributed by atoms with van der Waals surface area (Å²) in [6, 6.07) is 64.5. The van der Waals surface area contributed by atoms with Crippen LogP contribution in [0.2, 0.25) is 0 Å². The van der Waals surface area contributed by atoms with Crippen LogP contribution in [0.3, 0.4) is 0 Å². The van der Waals surface area contributed by atoms with Gasteiger partial charge in [0.25, 0.3) is 0 Å². The van der Waals surface area contributed by atoms with Crippen molar-refractivity contribution >= 4 is 21.9 Å². The molecule has 58 heavy (non-hydrogen) atoms. The maximum Gasteiger partial charge on any atom is 0.170 e. The van der Waals surface area contributed by atoms with E-state index in [9.17, 15) is 0 Å². The predicted molar refractivity (Wildman–Crippen MR) is 227 cm³/mol. The molecule has 0 radical (unpaired) electrons. The molecule has 2 aliphatic rings. The van der Waals surface area contributed by atoms with Crippen molar-refractivity contribution in [2.45, 2.75) is 5.41 Å². The fourth-order valence-corrected chi connectivity index (χ4v) is 8.96. The van der Waals surface area contributed by atoms with E-state index in [2.05, 4.69) is 97.1 Å². The third kappa shape index (κ3) is 4.82. The lowest BCUT2D eigenvalue weighted by Crippen LogP contribution is -2.28. The van der Waals surface area contributed by atoms with Crippen LogP contribution < -0.4 is 9.47 Å². The van der Waals surface area contributed by atoms with E-state index in [1.54, 1.807) is 0 Å². The Kier molecular flexibility index (Phi) is 7.04. The van der Waals surface area contributed by atoms with E-state index in [-0.39, 0.29) is 0 Å². The van der Waals surface area contributed by atoms with Crippen LogP contribution in [0.25, 0.3) is 67.2 Å². The van der Waals surface area contributed by atoms with Gasteiger partial charge in [-0.2, -0.15) is 0 Å². The van der Waals surface area contributed by atoms with Gasteiger partial charge in [-0.05, 0) is 69.8 Å². The lowest BCUT2D eigenvalue weighted by atomic mass is 9.67. The van der Waals surface area contributed by atoms with Crippen LogP contribution in [0.4, 0.5) is 0 Å². The van der Waals surface area contributed by atoms with Crippen molar-refractivity contribution in [3.63, 3.8) is 0 Å². The molecule has 0 amide bonds. The molecule has 2 aromatic heterocycles. The molecule has 0 unspecified atom stereocenters. The van der Waals surface area contributed by atoms with E-state index in [0.29, 0.717) is 40.5 Å². The Morgan fingerprint density at radius 1 is 0.362 bits per heavy atom. The normalized spacial score (nSPS) is 13.2. The topological polar surface area (TPSA) is 70.3 Å². The van der Waals surface area contributed by atoms with Crippen LogP contribution in [0.15, 0.2) is 192 Å². The van der Waals surface area contributed by atoms with Gasteiger partial charge < -0.3 is 13.9 Å². The molecule has 0 saturated carbocycles. The van der Waals surface area contributed by atoms with Crippen molar-refractivity contribution in [2.75, 3.05) is 0 Å². The van der Waals surface area contributed by atoms with E-state index in [0.717, 1.165) is 49.8 Å². The van der Waals surface area contributed by atoms with Gasteiger partial charge in [-0.1, -0.05) is 152 Å². The van der Waals surface area contributed by atoms with Crippen molar-refractivity contribution < 1.29 is 13.9 Å². The van der Waals surface area contributed by atoms with Gasteiger partial charge in [-0.25, -0.2) is 15.0 Å². The fourth-order valence-electron chi connectivity index (χ4n) is 8.96. The molecule has 0 atom stereocenters. The first kappa shape index (κ1) is 32.4. The summed E-state index contributed by atoms with van der Waals surface area (Å²) in [5, 5.41) is 2.00. The van der Waals surface area contributed by atoms with Crippen LogP contribution in [0.1, 0.15) is 22.3 Å². The number of hydrogen-bond acceptors (Lipinski definition) is 6. The van der Waals surface area contributed by atoms with Gasteiger partial charge >= 0.3 is 0 Å². The van der Waals surface area contributed by atoms with Crippen LogP contribution in [-0.4, -0.2) is 15.0 Å². The molecule has 3 heterocycles. The minimum absolute atomic E-state index is 0.582. The highest BCUT2D eigenvalue weighted by Crippen LogP contribution is 2.58. The zero-order valence-corrected chi connectivity index (χ0v) is 31.0. The summed E-state index contributed by atoms with van der Waals surface area (Å²) in [7, 11) is 0. The monoisotopic (exact) mass is 745 g/mol. The van der Waals surface area contributed by atoms with E-state index >= 15 is 0 Å². The van der Waals surface area contributed by atoms with Crippen LogP contribution in [0.5, 0.6) is 23.0 Å². The van der Waals surface area contributed by atoms with Crippen LogP contribution >= 0.6 is 0 Å². The summed E-state index contributed by atoms with van der Waals surface area (Å²) in [5.74, 6) is 4.53. The molecular weight excluding hydrogens is 715 g/mol. The summed E-state index contributed by atoms with van der Waals surface area (Å²) in [6.45, 7) is 0. The number of furan rings is 1. The molecular formula is C52H31N3O3. The molecule has 0 N–H and O–H groups in total. The minimum atomic E-state index is -0.654. The molecule has 1 aliphatic heterocycles. The summed E-state index contributed by atoms with van der Waals surface area (Å²) < 4.78 is 19.1. The van der Waals surface area contributed by atoms with Crippen molar-refractivity contribution in [2.24, 2.45) is 0 Å². The summed E-state index contributed by atoms with van der Waals surface area (Å²) in [5.41, 5.74) is 10.6. The molecule has 6 nitrogen and oxygen atoms in total. The quantitative estimate of drug-likeness (QED) is 0.175. The summed E-state index contributed by atoms with van der Waals surface area (Å²) in [4.78, 5) is 15.4. The van der Waals surface area contributed by atoms with Crippen LogP contribution in [0, 0.1) is 0 Å². The number of nitrogens with zero attached hydrogens (tertiary/aromatic N) is 3. The number of ether oxygens (including phenoxy) is 2. The second kappa shape index (κ2) is 12.6. The first-order chi connectivity index (χ1) is 28.7. The lowest BCUT2D eigenvalue weighted by Gasteiger charge is -2.34. The lowest BCUT2D eigenvalue weighted by molar-refractivity contribution is 0.359. The number of aromatic nitrogens is 3. The fraction of sp³-hybridized carbons (Fsp3) is 0.0192. The molecule has 0 saturated heterocycles. The standard InChI is InChI=1S/C52H31N3O3/c1-2-13-32(14-3-1)49-53-50(55-51(54-49)39-18-12-24-46-48(39)38-17-6-9-21-42(38)56-46)33-25-27-34(28-26-33)52(40-19-7-4-15-36(40)37-16-5-8-20-41(37)52)35-29-30-45-47(31-35)58-44-23-11-10-22-43(44)57-45/h1-31H. The molecule has 272 valence electrons. The highest BCUT2D eigenvalue weighted by atomic mass is 16.6. The average molecular weight is 746 g/mol. The Labute approximate surface area is 333 Å². The van der Waals surface area contributed by atoms with Crippen molar-refractivity contribution in [3.05, 3.63) is 210 Å². The second-order valence-corrected chi connectivity index (χ2v) is 14.7. The van der Waals surface area contributed by atoms with Crippen molar-refractivity contribution in [3.8, 4) is 68.3 Å². The van der Waals surface area contributed by atoms with Crippen LogP contribution in [-0.2, 0) is 5.41 Å². The Bertz CT molecular complexity index is 3200. The minimum Gasteiger partial charge on any atom is -0.456 e. The Morgan fingerprint density at radius 2 is 0.897 bits per heavy atom. The van der Waals surface area contributed by atoms with E-state index in [1.807, 2.05) is 91.0 Å². The predicted octanol–water partition coefficient (Wildman–Crippen LogP) is 13.0. The number of hydrogen-bond donors (Lipinski definition) is 0. The van der Waals surface area contributed by atoms with Gasteiger partial charge in [0, 0.05) is 27.5 Å². The van der Waals surface area contributed by atoms with Gasteiger partial charge in [0.05, 0.1) is 5.41 Å².